The average Bonchev–Trinajstić information content (AvgIpc) is 2.64. The summed E-state index contributed by atoms with van der Waals surface area (Å²) in [5, 5.41) is 3.88. The molecule has 1 aliphatic carbocycles. The number of aromatic nitrogens is 1. The van der Waals surface area contributed by atoms with Crippen molar-refractivity contribution in [3.05, 3.63) is 30.0 Å². The standard InChI is InChI=1S/C19H25N3O3.CO2/c1-12-10-15(20)19-16(21-12)4-3-5-17(19)25-14-8-6-13(7-9-14)22-18(23)11-24-2;2-1-3/h3-5,10,13-14H,6-9,11H2,1-2H3,(H2,20,21)(H,22,23);. The SMILES string of the molecule is COCC(=O)NC1CCC(Oc2cccc3nc(C)cc(N)c23)CC1.O=C=O. The molecule has 0 saturated heterocycles. The van der Waals surface area contributed by atoms with Crippen molar-refractivity contribution in [1.29, 1.82) is 0 Å². The topological polar surface area (TPSA) is 121 Å². The molecule has 1 aromatic heterocycles. The number of fused-ring (bicyclic) bond motifs is 1. The monoisotopic (exact) mass is 387 g/mol. The van der Waals surface area contributed by atoms with Crippen molar-refractivity contribution in [2.24, 2.45) is 0 Å². The molecule has 3 N–H and O–H groups in total. The molecular weight excluding hydrogens is 362 g/mol. The summed E-state index contributed by atoms with van der Waals surface area (Å²) >= 11 is 0. The molecule has 0 spiro atoms. The summed E-state index contributed by atoms with van der Waals surface area (Å²) in [6, 6.07) is 7.91. The number of amides is 1. The summed E-state index contributed by atoms with van der Waals surface area (Å²) in [6.45, 7) is 2.04. The van der Waals surface area contributed by atoms with Crippen LogP contribution in [0.4, 0.5) is 5.69 Å². The maximum Gasteiger partial charge on any atom is 0.373 e. The largest absolute Gasteiger partial charge is 0.490 e. The van der Waals surface area contributed by atoms with Crippen LogP contribution < -0.4 is 15.8 Å². The lowest BCUT2D eigenvalue weighted by Gasteiger charge is -2.30. The van der Waals surface area contributed by atoms with Crippen LogP contribution in [0.3, 0.4) is 0 Å². The van der Waals surface area contributed by atoms with Gasteiger partial charge in [0.15, 0.2) is 0 Å². The van der Waals surface area contributed by atoms with Gasteiger partial charge in [-0.25, -0.2) is 0 Å². The highest BCUT2D eigenvalue weighted by Gasteiger charge is 2.24. The summed E-state index contributed by atoms with van der Waals surface area (Å²) in [4.78, 5) is 32.4. The highest BCUT2D eigenvalue weighted by molar-refractivity contribution is 5.95. The molecule has 0 unspecified atom stereocenters. The zero-order valence-electron chi connectivity index (χ0n) is 16.1. The van der Waals surface area contributed by atoms with E-state index in [4.69, 9.17) is 24.8 Å². The van der Waals surface area contributed by atoms with Crippen LogP contribution in [0, 0.1) is 6.92 Å². The fourth-order valence-corrected chi connectivity index (χ4v) is 3.43. The maximum absolute atomic E-state index is 11.6. The van der Waals surface area contributed by atoms with Gasteiger partial charge in [-0.3, -0.25) is 9.78 Å². The van der Waals surface area contributed by atoms with Crippen LogP contribution in [0.1, 0.15) is 31.4 Å². The number of carbonyl (C=O) groups is 1. The molecule has 0 radical (unpaired) electrons. The van der Waals surface area contributed by atoms with Crippen molar-refractivity contribution >= 4 is 28.6 Å². The van der Waals surface area contributed by atoms with E-state index in [1.807, 2.05) is 31.2 Å². The van der Waals surface area contributed by atoms with E-state index in [0.29, 0.717) is 5.69 Å². The van der Waals surface area contributed by atoms with Crippen LogP contribution in [0.25, 0.3) is 10.9 Å². The van der Waals surface area contributed by atoms with E-state index in [1.54, 1.807) is 0 Å². The van der Waals surface area contributed by atoms with E-state index in [2.05, 4.69) is 10.3 Å². The van der Waals surface area contributed by atoms with Crippen LogP contribution in [0.5, 0.6) is 5.75 Å². The summed E-state index contributed by atoms with van der Waals surface area (Å²) in [6.07, 6.45) is 3.97. The second kappa shape index (κ2) is 10.4. The number of methoxy groups -OCH3 is 1. The van der Waals surface area contributed by atoms with Gasteiger partial charge in [0.2, 0.25) is 5.91 Å². The van der Waals surface area contributed by atoms with Crippen LogP contribution in [-0.4, -0.2) is 42.9 Å². The molecule has 150 valence electrons. The van der Waals surface area contributed by atoms with Gasteiger partial charge < -0.3 is 20.5 Å². The Balaban J connectivity index is 0.000000878. The fraction of sp³-hybridized carbons (Fsp3) is 0.450. The summed E-state index contributed by atoms with van der Waals surface area (Å²) in [5.74, 6) is 0.726. The summed E-state index contributed by atoms with van der Waals surface area (Å²) < 4.78 is 11.1. The molecule has 1 saturated carbocycles. The quantitative estimate of drug-likeness (QED) is 0.805. The minimum Gasteiger partial charge on any atom is -0.490 e. The van der Waals surface area contributed by atoms with E-state index >= 15 is 0 Å². The van der Waals surface area contributed by atoms with Gasteiger partial charge in [0.25, 0.3) is 0 Å². The molecule has 1 aliphatic rings. The predicted molar refractivity (Wildman–Crippen MR) is 103 cm³/mol. The Morgan fingerprint density at radius 1 is 1.29 bits per heavy atom. The second-order valence-corrected chi connectivity index (χ2v) is 6.68. The Morgan fingerprint density at radius 3 is 2.61 bits per heavy atom. The number of rotatable bonds is 5. The summed E-state index contributed by atoms with van der Waals surface area (Å²) in [7, 11) is 1.52. The Bertz CT molecular complexity index is 841. The number of nitrogens with one attached hydrogen (secondary N) is 1. The Morgan fingerprint density at radius 2 is 1.96 bits per heavy atom. The highest BCUT2D eigenvalue weighted by atomic mass is 16.5. The Kier molecular flexibility index (Phi) is 7.92. The number of hydrogen-bond acceptors (Lipinski definition) is 7. The number of aryl methyl sites for hydroxylation is 1. The van der Waals surface area contributed by atoms with Crippen molar-refractivity contribution in [2.45, 2.75) is 44.8 Å². The van der Waals surface area contributed by atoms with E-state index in [9.17, 15) is 4.79 Å². The summed E-state index contributed by atoms with van der Waals surface area (Å²) in [5.41, 5.74) is 8.64. The predicted octanol–water partition coefficient (Wildman–Crippen LogP) is 1.99. The first-order valence-electron chi connectivity index (χ1n) is 9.08. The van der Waals surface area contributed by atoms with Gasteiger partial charge in [0, 0.05) is 24.5 Å². The third-order valence-electron chi connectivity index (χ3n) is 4.56. The lowest BCUT2D eigenvalue weighted by atomic mass is 9.93. The number of carbonyl (C=O) groups excluding carboxylic acids is 3. The normalized spacial score (nSPS) is 18.5. The molecular formula is C20H25N3O5. The number of nitrogens with zero attached hydrogens (tertiary/aromatic N) is 1. The number of nitrogen functional groups attached to an aromatic ring is 1. The van der Waals surface area contributed by atoms with Gasteiger partial charge in [0.1, 0.15) is 12.4 Å². The molecule has 1 fully saturated rings. The van der Waals surface area contributed by atoms with Crippen LogP contribution >= 0.6 is 0 Å². The van der Waals surface area contributed by atoms with Gasteiger partial charge in [-0.2, -0.15) is 9.59 Å². The first kappa shape index (κ1) is 21.3. The molecule has 0 bridgehead atoms. The van der Waals surface area contributed by atoms with Crippen LogP contribution in [0.2, 0.25) is 0 Å². The van der Waals surface area contributed by atoms with Crippen molar-refractivity contribution in [2.75, 3.05) is 19.5 Å². The van der Waals surface area contributed by atoms with Gasteiger partial charge >= 0.3 is 6.15 Å². The molecule has 1 aromatic carbocycles. The number of benzene rings is 1. The Labute approximate surface area is 163 Å². The molecule has 8 heteroatoms. The molecule has 1 amide bonds. The van der Waals surface area contributed by atoms with Crippen LogP contribution in [0.15, 0.2) is 24.3 Å². The number of anilines is 1. The van der Waals surface area contributed by atoms with Gasteiger partial charge in [0.05, 0.1) is 17.0 Å². The average molecular weight is 387 g/mol. The molecule has 2 aromatic rings. The number of nitrogens with two attached hydrogens (primary N) is 1. The third kappa shape index (κ3) is 5.77. The second-order valence-electron chi connectivity index (χ2n) is 6.68. The van der Waals surface area contributed by atoms with Crippen molar-refractivity contribution < 1.29 is 23.9 Å². The highest BCUT2D eigenvalue weighted by Crippen LogP contribution is 2.33. The van der Waals surface area contributed by atoms with E-state index in [0.717, 1.165) is 48.0 Å². The first-order chi connectivity index (χ1) is 13.5. The first-order valence-corrected chi connectivity index (χ1v) is 9.08. The zero-order chi connectivity index (χ0) is 20.5. The molecule has 8 nitrogen and oxygen atoms in total. The van der Waals surface area contributed by atoms with Crippen molar-refractivity contribution in [3.8, 4) is 5.75 Å². The number of ether oxygens (including phenoxy) is 2. The fourth-order valence-electron chi connectivity index (χ4n) is 3.43. The third-order valence-corrected chi connectivity index (χ3v) is 4.56. The van der Waals surface area contributed by atoms with Gasteiger partial charge in [-0.05, 0) is 50.8 Å². The lowest BCUT2D eigenvalue weighted by Crippen LogP contribution is -2.41. The van der Waals surface area contributed by atoms with Crippen molar-refractivity contribution in [3.63, 3.8) is 0 Å². The van der Waals surface area contributed by atoms with E-state index in [-0.39, 0.29) is 30.8 Å². The number of hydrogen-bond donors (Lipinski definition) is 2. The molecule has 0 aliphatic heterocycles. The minimum atomic E-state index is -0.0601. The van der Waals surface area contributed by atoms with Gasteiger partial charge in [-0.1, -0.05) is 6.07 Å². The molecule has 0 atom stereocenters. The maximum atomic E-state index is 11.6. The smallest absolute Gasteiger partial charge is 0.373 e. The minimum absolute atomic E-state index is 0.0601. The van der Waals surface area contributed by atoms with E-state index in [1.165, 1.54) is 7.11 Å². The molecule has 1 heterocycles. The lowest BCUT2D eigenvalue weighted by molar-refractivity contribution is -0.191. The van der Waals surface area contributed by atoms with Gasteiger partial charge in [-0.15, -0.1) is 0 Å². The number of pyridine rings is 1. The van der Waals surface area contributed by atoms with Crippen LogP contribution in [-0.2, 0) is 19.1 Å². The van der Waals surface area contributed by atoms with E-state index < -0.39 is 0 Å². The molecule has 3 rings (SSSR count). The molecule has 28 heavy (non-hydrogen) atoms. The Hall–Kier alpha value is -2.96. The zero-order valence-corrected chi connectivity index (χ0v) is 16.1. The van der Waals surface area contributed by atoms with Crippen molar-refractivity contribution in [1.82, 2.24) is 10.3 Å².